The van der Waals surface area contributed by atoms with Gasteiger partial charge in [-0.15, -0.1) is 0 Å². The largest absolute Gasteiger partial charge is 0.497 e. The summed E-state index contributed by atoms with van der Waals surface area (Å²) in [7, 11) is 1.61. The van der Waals surface area contributed by atoms with Crippen molar-refractivity contribution in [2.45, 2.75) is 26.4 Å². The second-order valence-corrected chi connectivity index (χ2v) is 8.59. The Morgan fingerprint density at radius 1 is 1.17 bits per heavy atom. The average molecular weight is 481 g/mol. The summed E-state index contributed by atoms with van der Waals surface area (Å²) in [5.41, 5.74) is 1.55. The van der Waals surface area contributed by atoms with E-state index in [9.17, 15) is 14.9 Å². The number of piperazine rings is 1. The Hall–Kier alpha value is -3.99. The van der Waals surface area contributed by atoms with Crippen LogP contribution >= 0.6 is 0 Å². The summed E-state index contributed by atoms with van der Waals surface area (Å²) in [6.07, 6.45) is 0. The van der Waals surface area contributed by atoms with Crippen molar-refractivity contribution in [2.24, 2.45) is 0 Å². The maximum Gasteiger partial charge on any atom is 0.293 e. The minimum Gasteiger partial charge on any atom is -0.497 e. The van der Waals surface area contributed by atoms with Crippen LogP contribution in [0.1, 0.15) is 30.1 Å². The van der Waals surface area contributed by atoms with Crippen LogP contribution < -0.4 is 15.0 Å². The first-order valence-electron chi connectivity index (χ1n) is 11.4. The molecule has 0 spiro atoms. The molecule has 1 aliphatic heterocycles. The molecule has 0 bridgehead atoms. The normalized spacial score (nSPS) is 14.2. The fraction of sp³-hybridized carbons (Fsp3) is 0.375. The predicted molar refractivity (Wildman–Crippen MR) is 129 cm³/mol. The maximum atomic E-state index is 12.3. The van der Waals surface area contributed by atoms with Gasteiger partial charge in [0.25, 0.3) is 11.6 Å². The van der Waals surface area contributed by atoms with E-state index in [1.165, 1.54) is 6.07 Å². The molecule has 1 fully saturated rings. The molecule has 0 unspecified atom stereocenters. The van der Waals surface area contributed by atoms with E-state index in [2.05, 4.69) is 20.4 Å². The predicted octanol–water partition coefficient (Wildman–Crippen LogP) is 3.11. The van der Waals surface area contributed by atoms with Crippen molar-refractivity contribution in [1.82, 2.24) is 20.4 Å². The molecule has 1 aromatic heterocycles. The monoisotopic (exact) mass is 480 g/mol. The Balaban J connectivity index is 1.38. The van der Waals surface area contributed by atoms with E-state index >= 15 is 0 Å². The van der Waals surface area contributed by atoms with Gasteiger partial charge in [0.1, 0.15) is 11.4 Å². The first kappa shape index (κ1) is 24.1. The zero-order chi connectivity index (χ0) is 24.9. The van der Waals surface area contributed by atoms with E-state index in [1.54, 1.807) is 19.2 Å². The van der Waals surface area contributed by atoms with Gasteiger partial charge in [-0.05, 0) is 50.2 Å². The van der Waals surface area contributed by atoms with Crippen molar-refractivity contribution in [3.63, 3.8) is 0 Å². The Labute approximate surface area is 202 Å². The standard InChI is InChI=1S/C24H28N6O5/c1-16(2)25-24(31)18-6-9-20(21(14-18)30(32)33)29-12-10-28(11-13-29)15-22-26-23(27-35-22)17-4-7-19(34-3)8-5-17/h4-9,14,16H,10-13,15H2,1-3H3,(H,25,31). The van der Waals surface area contributed by atoms with Crippen LogP contribution in [0.2, 0.25) is 0 Å². The molecule has 184 valence electrons. The number of nitrogens with zero attached hydrogens (tertiary/aromatic N) is 5. The minimum absolute atomic E-state index is 0.0551. The molecule has 1 saturated heterocycles. The Bertz CT molecular complexity index is 1190. The summed E-state index contributed by atoms with van der Waals surface area (Å²) in [6.45, 7) is 6.71. The van der Waals surface area contributed by atoms with Crippen molar-refractivity contribution in [1.29, 1.82) is 0 Å². The number of nitro groups is 1. The zero-order valence-electron chi connectivity index (χ0n) is 19.9. The van der Waals surface area contributed by atoms with Crippen LogP contribution in [-0.4, -0.2) is 65.2 Å². The molecule has 11 nitrogen and oxygen atoms in total. The number of benzene rings is 2. The number of nitrogens with one attached hydrogen (secondary N) is 1. The third-order valence-electron chi connectivity index (χ3n) is 5.74. The lowest BCUT2D eigenvalue weighted by atomic mass is 10.1. The number of carbonyl (C=O) groups excluding carboxylic acids is 1. The fourth-order valence-electron chi connectivity index (χ4n) is 3.94. The van der Waals surface area contributed by atoms with Crippen molar-refractivity contribution in [3.05, 3.63) is 64.0 Å². The number of amides is 1. The fourth-order valence-corrected chi connectivity index (χ4v) is 3.94. The molecule has 1 N–H and O–H groups in total. The van der Waals surface area contributed by atoms with E-state index in [1.807, 2.05) is 43.0 Å². The molecule has 1 amide bonds. The van der Waals surface area contributed by atoms with E-state index in [-0.39, 0.29) is 23.2 Å². The summed E-state index contributed by atoms with van der Waals surface area (Å²) in [6, 6.07) is 12.0. The van der Waals surface area contributed by atoms with Crippen molar-refractivity contribution in [3.8, 4) is 17.1 Å². The van der Waals surface area contributed by atoms with E-state index in [0.717, 1.165) is 11.3 Å². The van der Waals surface area contributed by atoms with Gasteiger partial charge in [0.15, 0.2) is 0 Å². The second kappa shape index (κ2) is 10.5. The van der Waals surface area contributed by atoms with Crippen molar-refractivity contribution < 1.29 is 19.0 Å². The first-order valence-corrected chi connectivity index (χ1v) is 11.4. The summed E-state index contributed by atoms with van der Waals surface area (Å²) in [5, 5.41) is 18.6. The number of ether oxygens (including phenoxy) is 1. The molecule has 4 rings (SSSR count). The molecule has 2 aromatic carbocycles. The quantitative estimate of drug-likeness (QED) is 0.382. The van der Waals surface area contributed by atoms with Gasteiger partial charge in [-0.2, -0.15) is 4.98 Å². The number of anilines is 1. The Morgan fingerprint density at radius 3 is 2.51 bits per heavy atom. The second-order valence-electron chi connectivity index (χ2n) is 8.59. The lowest BCUT2D eigenvalue weighted by Crippen LogP contribution is -2.46. The molecule has 0 atom stereocenters. The summed E-state index contributed by atoms with van der Waals surface area (Å²) in [4.78, 5) is 32.2. The summed E-state index contributed by atoms with van der Waals surface area (Å²) >= 11 is 0. The smallest absolute Gasteiger partial charge is 0.293 e. The van der Waals surface area contributed by atoms with Crippen molar-refractivity contribution in [2.75, 3.05) is 38.2 Å². The SMILES string of the molecule is COc1ccc(-c2noc(CN3CCN(c4ccc(C(=O)NC(C)C)cc4[N+](=O)[O-])CC3)n2)cc1. The van der Waals surface area contributed by atoms with Crippen molar-refractivity contribution >= 4 is 17.3 Å². The highest BCUT2D eigenvalue weighted by Gasteiger charge is 2.26. The zero-order valence-corrected chi connectivity index (χ0v) is 19.9. The highest BCUT2D eigenvalue weighted by Crippen LogP contribution is 2.30. The number of rotatable bonds is 8. The van der Waals surface area contributed by atoms with E-state index in [4.69, 9.17) is 9.26 Å². The van der Waals surface area contributed by atoms with Crippen LogP contribution in [0.25, 0.3) is 11.4 Å². The van der Waals surface area contributed by atoms with Gasteiger partial charge < -0.3 is 19.5 Å². The number of hydrogen-bond donors (Lipinski definition) is 1. The number of carbonyl (C=O) groups is 1. The van der Waals surface area contributed by atoms with E-state index < -0.39 is 4.92 Å². The van der Waals surface area contributed by atoms with Gasteiger partial charge in [-0.3, -0.25) is 19.8 Å². The molecule has 0 saturated carbocycles. The minimum atomic E-state index is -0.438. The lowest BCUT2D eigenvalue weighted by molar-refractivity contribution is -0.384. The molecular weight excluding hydrogens is 452 g/mol. The molecule has 0 aliphatic carbocycles. The highest BCUT2D eigenvalue weighted by molar-refractivity contribution is 5.96. The van der Waals surface area contributed by atoms with Crippen LogP contribution in [0, 0.1) is 10.1 Å². The summed E-state index contributed by atoms with van der Waals surface area (Å²) < 4.78 is 10.6. The molecular formula is C24H28N6O5. The molecule has 0 radical (unpaired) electrons. The molecule has 2 heterocycles. The molecule has 1 aliphatic rings. The van der Waals surface area contributed by atoms with Gasteiger partial charge in [0.05, 0.1) is 18.6 Å². The van der Waals surface area contributed by atoms with Gasteiger partial charge in [-0.25, -0.2) is 0 Å². The average Bonchev–Trinajstić information content (AvgIpc) is 3.32. The molecule has 35 heavy (non-hydrogen) atoms. The van der Waals surface area contributed by atoms with Crippen LogP contribution in [0.15, 0.2) is 47.0 Å². The van der Waals surface area contributed by atoms with Gasteiger partial charge in [0.2, 0.25) is 11.7 Å². The Kier molecular flexibility index (Phi) is 7.25. The van der Waals surface area contributed by atoms with Gasteiger partial charge in [-0.1, -0.05) is 5.16 Å². The summed E-state index contributed by atoms with van der Waals surface area (Å²) in [5.74, 6) is 1.45. The topological polar surface area (TPSA) is 127 Å². The molecule has 3 aromatic rings. The van der Waals surface area contributed by atoms with Gasteiger partial charge in [0, 0.05) is 49.4 Å². The van der Waals surface area contributed by atoms with E-state index in [0.29, 0.717) is 50.1 Å². The number of hydrogen-bond acceptors (Lipinski definition) is 9. The third kappa shape index (κ3) is 5.75. The van der Waals surface area contributed by atoms with Crippen LogP contribution in [0.3, 0.4) is 0 Å². The van der Waals surface area contributed by atoms with Gasteiger partial charge >= 0.3 is 0 Å². The highest BCUT2D eigenvalue weighted by atomic mass is 16.6. The molecule has 11 heteroatoms. The number of methoxy groups -OCH3 is 1. The number of aromatic nitrogens is 2. The Morgan fingerprint density at radius 2 is 1.89 bits per heavy atom. The number of nitro benzene ring substituents is 1. The van der Waals surface area contributed by atoms with Crippen LogP contribution in [0.5, 0.6) is 5.75 Å². The lowest BCUT2D eigenvalue weighted by Gasteiger charge is -2.35. The first-order chi connectivity index (χ1) is 16.8. The van der Waals surface area contributed by atoms with Crippen LogP contribution in [0.4, 0.5) is 11.4 Å². The maximum absolute atomic E-state index is 12.3. The van der Waals surface area contributed by atoms with Crippen LogP contribution in [-0.2, 0) is 6.54 Å². The third-order valence-corrected chi connectivity index (χ3v) is 5.74.